The highest BCUT2D eigenvalue weighted by Crippen LogP contribution is 2.26. The molecule has 2 aromatic carbocycles. The zero-order valence-electron chi connectivity index (χ0n) is 10.4. The molecule has 0 spiro atoms. The van der Waals surface area contributed by atoms with Gasteiger partial charge >= 0.3 is 0 Å². The molecule has 2 rings (SSSR count). The number of aliphatic hydroxyl groups excluding tert-OH is 1. The first-order chi connectivity index (χ1) is 9.08. The van der Waals surface area contributed by atoms with Gasteiger partial charge in [0.25, 0.3) is 0 Å². The fraction of sp³-hybridized carbons (Fsp3) is 0.200. The second-order valence-electron chi connectivity index (χ2n) is 4.24. The second-order valence-corrected chi connectivity index (χ2v) is 5.05. The zero-order chi connectivity index (χ0) is 13.8. The van der Waals surface area contributed by atoms with E-state index in [9.17, 15) is 5.11 Å². The summed E-state index contributed by atoms with van der Waals surface area (Å²) >= 11 is 12.1. The maximum absolute atomic E-state index is 9.52. The van der Waals surface area contributed by atoms with Crippen molar-refractivity contribution in [3.05, 3.63) is 63.6 Å². The standard InChI is InChI=1S/C15H14Cl2O2/c1-10(18)11-4-2-5-12(8-11)19-9-13-14(16)6-3-7-15(13)17/h2-8,10,18H,9H2,1H3. The number of halogens is 2. The zero-order valence-corrected chi connectivity index (χ0v) is 11.9. The highest BCUT2D eigenvalue weighted by atomic mass is 35.5. The van der Waals surface area contributed by atoms with E-state index in [-0.39, 0.29) is 0 Å². The lowest BCUT2D eigenvalue weighted by Crippen LogP contribution is -1.98. The van der Waals surface area contributed by atoms with Crippen molar-refractivity contribution in [2.75, 3.05) is 0 Å². The van der Waals surface area contributed by atoms with Crippen molar-refractivity contribution in [2.45, 2.75) is 19.6 Å². The van der Waals surface area contributed by atoms with Gasteiger partial charge in [0.05, 0.1) is 6.10 Å². The van der Waals surface area contributed by atoms with Crippen LogP contribution in [-0.4, -0.2) is 5.11 Å². The van der Waals surface area contributed by atoms with E-state index in [2.05, 4.69) is 0 Å². The molecule has 0 aromatic heterocycles. The van der Waals surface area contributed by atoms with Gasteiger partial charge in [-0.05, 0) is 36.8 Å². The first kappa shape index (κ1) is 14.2. The molecule has 0 fully saturated rings. The van der Waals surface area contributed by atoms with Crippen LogP contribution in [0.4, 0.5) is 0 Å². The van der Waals surface area contributed by atoms with E-state index < -0.39 is 6.10 Å². The minimum atomic E-state index is -0.521. The topological polar surface area (TPSA) is 29.5 Å². The Bertz CT molecular complexity index is 548. The largest absolute Gasteiger partial charge is 0.489 e. The van der Waals surface area contributed by atoms with E-state index in [0.29, 0.717) is 22.4 Å². The Morgan fingerprint density at radius 1 is 1.11 bits per heavy atom. The molecule has 0 radical (unpaired) electrons. The van der Waals surface area contributed by atoms with Crippen LogP contribution < -0.4 is 4.74 Å². The van der Waals surface area contributed by atoms with Gasteiger partial charge in [-0.1, -0.05) is 41.4 Å². The third-order valence-corrected chi connectivity index (χ3v) is 3.49. The van der Waals surface area contributed by atoms with Crippen LogP contribution >= 0.6 is 23.2 Å². The van der Waals surface area contributed by atoms with E-state index in [1.165, 1.54) is 0 Å². The van der Waals surface area contributed by atoms with Crippen molar-refractivity contribution in [3.8, 4) is 5.75 Å². The van der Waals surface area contributed by atoms with E-state index in [1.54, 1.807) is 31.2 Å². The molecular weight excluding hydrogens is 283 g/mol. The van der Waals surface area contributed by atoms with Gasteiger partial charge in [-0.15, -0.1) is 0 Å². The molecule has 0 aliphatic heterocycles. The van der Waals surface area contributed by atoms with Gasteiger partial charge in [0.1, 0.15) is 12.4 Å². The Balaban J connectivity index is 2.12. The van der Waals surface area contributed by atoms with Gasteiger partial charge in [0, 0.05) is 15.6 Å². The van der Waals surface area contributed by atoms with Crippen LogP contribution in [-0.2, 0) is 6.61 Å². The normalized spacial score (nSPS) is 12.2. The smallest absolute Gasteiger partial charge is 0.120 e. The number of aliphatic hydroxyl groups is 1. The van der Waals surface area contributed by atoms with Crippen molar-refractivity contribution in [1.82, 2.24) is 0 Å². The minimum absolute atomic E-state index is 0.293. The molecule has 1 unspecified atom stereocenters. The molecule has 0 aliphatic rings. The van der Waals surface area contributed by atoms with Gasteiger partial charge in [-0.25, -0.2) is 0 Å². The average Bonchev–Trinajstić information content (AvgIpc) is 2.38. The number of ether oxygens (including phenoxy) is 1. The summed E-state index contributed by atoms with van der Waals surface area (Å²) in [6.07, 6.45) is -0.521. The Morgan fingerprint density at radius 3 is 2.37 bits per heavy atom. The molecule has 4 heteroatoms. The summed E-state index contributed by atoms with van der Waals surface area (Å²) in [5, 5.41) is 10.7. The third-order valence-electron chi connectivity index (χ3n) is 2.79. The van der Waals surface area contributed by atoms with Crippen LogP contribution in [0.5, 0.6) is 5.75 Å². The molecule has 19 heavy (non-hydrogen) atoms. The van der Waals surface area contributed by atoms with Gasteiger partial charge in [0.2, 0.25) is 0 Å². The highest BCUT2D eigenvalue weighted by molar-refractivity contribution is 6.35. The second kappa shape index (κ2) is 6.29. The Labute approximate surface area is 122 Å². The predicted octanol–water partition coefficient (Wildman–Crippen LogP) is 4.63. The Morgan fingerprint density at radius 2 is 1.74 bits per heavy atom. The van der Waals surface area contributed by atoms with Crippen LogP contribution in [0.15, 0.2) is 42.5 Å². The summed E-state index contributed by atoms with van der Waals surface area (Å²) in [5.41, 5.74) is 1.57. The van der Waals surface area contributed by atoms with E-state index in [0.717, 1.165) is 11.1 Å². The van der Waals surface area contributed by atoms with Gasteiger partial charge < -0.3 is 9.84 Å². The monoisotopic (exact) mass is 296 g/mol. The summed E-state index contributed by atoms with van der Waals surface area (Å²) in [4.78, 5) is 0. The van der Waals surface area contributed by atoms with Crippen LogP contribution in [0.2, 0.25) is 10.0 Å². The fourth-order valence-electron chi connectivity index (χ4n) is 1.69. The van der Waals surface area contributed by atoms with Gasteiger partial charge in [-0.2, -0.15) is 0 Å². The summed E-state index contributed by atoms with van der Waals surface area (Å²) in [6, 6.07) is 12.7. The summed E-state index contributed by atoms with van der Waals surface area (Å²) in [6.45, 7) is 2.01. The van der Waals surface area contributed by atoms with Crippen molar-refractivity contribution in [1.29, 1.82) is 0 Å². The summed E-state index contributed by atoms with van der Waals surface area (Å²) < 4.78 is 5.66. The maximum atomic E-state index is 9.52. The number of rotatable bonds is 4. The van der Waals surface area contributed by atoms with Crippen molar-refractivity contribution < 1.29 is 9.84 Å². The van der Waals surface area contributed by atoms with Crippen LogP contribution in [0, 0.1) is 0 Å². The van der Waals surface area contributed by atoms with Crippen LogP contribution in [0.3, 0.4) is 0 Å². The summed E-state index contributed by atoms with van der Waals surface area (Å²) in [7, 11) is 0. The lowest BCUT2D eigenvalue weighted by Gasteiger charge is -2.11. The quantitative estimate of drug-likeness (QED) is 0.891. The molecule has 0 heterocycles. The average molecular weight is 297 g/mol. The minimum Gasteiger partial charge on any atom is -0.489 e. The fourth-order valence-corrected chi connectivity index (χ4v) is 2.20. The lowest BCUT2D eigenvalue weighted by molar-refractivity contribution is 0.198. The van der Waals surface area contributed by atoms with E-state index >= 15 is 0 Å². The number of benzene rings is 2. The summed E-state index contributed by atoms with van der Waals surface area (Å²) in [5.74, 6) is 0.675. The van der Waals surface area contributed by atoms with E-state index in [4.69, 9.17) is 27.9 Å². The van der Waals surface area contributed by atoms with Crippen LogP contribution in [0.1, 0.15) is 24.2 Å². The molecule has 100 valence electrons. The Hall–Kier alpha value is -1.22. The number of hydrogen-bond donors (Lipinski definition) is 1. The lowest BCUT2D eigenvalue weighted by atomic mass is 10.1. The van der Waals surface area contributed by atoms with Gasteiger partial charge in [0.15, 0.2) is 0 Å². The van der Waals surface area contributed by atoms with Crippen molar-refractivity contribution in [3.63, 3.8) is 0 Å². The van der Waals surface area contributed by atoms with Crippen LogP contribution in [0.25, 0.3) is 0 Å². The van der Waals surface area contributed by atoms with Crippen molar-refractivity contribution in [2.24, 2.45) is 0 Å². The molecule has 2 nitrogen and oxygen atoms in total. The molecule has 0 saturated heterocycles. The third kappa shape index (κ3) is 3.63. The molecule has 1 N–H and O–H groups in total. The first-order valence-corrected chi connectivity index (χ1v) is 6.67. The molecular formula is C15H14Cl2O2. The maximum Gasteiger partial charge on any atom is 0.120 e. The number of hydrogen-bond acceptors (Lipinski definition) is 2. The molecule has 0 amide bonds. The predicted molar refractivity (Wildman–Crippen MR) is 77.9 cm³/mol. The molecule has 0 aliphatic carbocycles. The van der Waals surface area contributed by atoms with Gasteiger partial charge in [-0.3, -0.25) is 0 Å². The first-order valence-electron chi connectivity index (χ1n) is 5.91. The molecule has 0 bridgehead atoms. The molecule has 0 saturated carbocycles. The SMILES string of the molecule is CC(O)c1cccc(OCc2c(Cl)cccc2Cl)c1. The Kier molecular flexibility index (Phi) is 4.70. The molecule has 1 atom stereocenters. The highest BCUT2D eigenvalue weighted by Gasteiger charge is 2.07. The van der Waals surface area contributed by atoms with Crippen molar-refractivity contribution >= 4 is 23.2 Å². The van der Waals surface area contributed by atoms with E-state index in [1.807, 2.05) is 18.2 Å². The molecule has 2 aromatic rings.